The van der Waals surface area contributed by atoms with Crippen molar-refractivity contribution in [2.24, 2.45) is 0 Å². The molecule has 84 valence electrons. The predicted octanol–water partition coefficient (Wildman–Crippen LogP) is 2.68. The first-order chi connectivity index (χ1) is 7.70. The number of aryl methyl sites for hydroxylation is 1. The van der Waals surface area contributed by atoms with Crippen molar-refractivity contribution in [3.05, 3.63) is 40.1 Å². The number of aliphatic hydroxyl groups is 1. The molecule has 0 saturated carbocycles. The Balaban J connectivity index is 2.37. The van der Waals surface area contributed by atoms with E-state index in [0.717, 1.165) is 21.7 Å². The van der Waals surface area contributed by atoms with Gasteiger partial charge in [-0.15, -0.1) is 0 Å². The Labute approximate surface area is 103 Å². The van der Waals surface area contributed by atoms with Crippen molar-refractivity contribution in [1.29, 1.82) is 0 Å². The molecule has 0 amide bonds. The van der Waals surface area contributed by atoms with Crippen molar-refractivity contribution >= 4 is 15.9 Å². The monoisotopic (exact) mass is 280 g/mol. The van der Waals surface area contributed by atoms with Gasteiger partial charge in [0.05, 0.1) is 5.69 Å². The Bertz CT molecular complexity index is 494. The molecule has 1 aromatic carbocycles. The number of imidazole rings is 1. The van der Waals surface area contributed by atoms with E-state index in [1.54, 1.807) is 0 Å². The third-order valence-electron chi connectivity index (χ3n) is 2.38. The number of halogens is 1. The zero-order chi connectivity index (χ0) is 11.5. The number of nitrogens with zero attached hydrogens (tertiary/aromatic N) is 1. The van der Waals surface area contributed by atoms with Crippen LogP contribution < -0.4 is 0 Å². The Morgan fingerprint density at radius 2 is 2.25 bits per heavy atom. The summed E-state index contributed by atoms with van der Waals surface area (Å²) in [6.45, 7) is 2.17. The largest absolute Gasteiger partial charge is 0.396 e. The number of aromatic nitrogens is 2. The van der Waals surface area contributed by atoms with E-state index in [2.05, 4.69) is 45.0 Å². The summed E-state index contributed by atoms with van der Waals surface area (Å²) in [5, 5.41) is 8.90. The van der Waals surface area contributed by atoms with Crippen LogP contribution in [0.4, 0.5) is 0 Å². The van der Waals surface area contributed by atoms with E-state index in [1.807, 2.05) is 12.1 Å². The second kappa shape index (κ2) is 4.80. The molecule has 4 heteroatoms. The Morgan fingerprint density at radius 3 is 2.94 bits per heavy atom. The number of rotatable bonds is 3. The quantitative estimate of drug-likeness (QED) is 0.908. The summed E-state index contributed by atoms with van der Waals surface area (Å²) in [5.41, 5.74) is 3.19. The first-order valence-corrected chi connectivity index (χ1v) is 5.92. The average Bonchev–Trinajstić information content (AvgIpc) is 2.61. The van der Waals surface area contributed by atoms with Gasteiger partial charge in [-0.05, 0) is 28.9 Å². The maximum Gasteiger partial charge on any atom is 0.138 e. The molecular weight excluding hydrogens is 268 g/mol. The molecule has 2 rings (SSSR count). The summed E-state index contributed by atoms with van der Waals surface area (Å²) in [7, 11) is 0. The van der Waals surface area contributed by atoms with E-state index in [0.29, 0.717) is 6.42 Å². The van der Waals surface area contributed by atoms with Crippen molar-refractivity contribution in [1.82, 2.24) is 9.97 Å². The van der Waals surface area contributed by atoms with E-state index in [4.69, 9.17) is 5.11 Å². The molecule has 16 heavy (non-hydrogen) atoms. The molecular formula is C12H13BrN2O. The van der Waals surface area contributed by atoms with E-state index in [9.17, 15) is 0 Å². The van der Waals surface area contributed by atoms with Crippen molar-refractivity contribution in [2.75, 3.05) is 6.61 Å². The zero-order valence-electron chi connectivity index (χ0n) is 9.00. The molecule has 0 aliphatic rings. The van der Waals surface area contributed by atoms with Crippen LogP contribution in [0.1, 0.15) is 11.3 Å². The normalized spacial score (nSPS) is 10.7. The van der Waals surface area contributed by atoms with Gasteiger partial charge >= 0.3 is 0 Å². The highest BCUT2D eigenvalue weighted by Crippen LogP contribution is 2.22. The maximum atomic E-state index is 8.90. The van der Waals surface area contributed by atoms with E-state index < -0.39 is 0 Å². The van der Waals surface area contributed by atoms with Crippen LogP contribution >= 0.6 is 15.9 Å². The van der Waals surface area contributed by atoms with Crippen LogP contribution in [-0.4, -0.2) is 21.7 Å². The van der Waals surface area contributed by atoms with Crippen molar-refractivity contribution in [3.63, 3.8) is 0 Å². The van der Waals surface area contributed by atoms with Crippen molar-refractivity contribution in [3.8, 4) is 11.4 Å². The second-order valence-electron chi connectivity index (χ2n) is 3.70. The van der Waals surface area contributed by atoms with E-state index in [-0.39, 0.29) is 6.61 Å². The first kappa shape index (κ1) is 11.4. The lowest BCUT2D eigenvalue weighted by atomic mass is 10.1. The SMILES string of the molecule is Cc1cccc(-c2nc(Br)c(CCO)[nH]2)c1. The van der Waals surface area contributed by atoms with Crippen LogP contribution in [0.2, 0.25) is 0 Å². The van der Waals surface area contributed by atoms with Gasteiger partial charge in [0, 0.05) is 18.6 Å². The lowest BCUT2D eigenvalue weighted by Gasteiger charge is -1.98. The third kappa shape index (κ3) is 2.33. The molecule has 1 aromatic heterocycles. The van der Waals surface area contributed by atoms with Gasteiger partial charge in [0.25, 0.3) is 0 Å². The second-order valence-corrected chi connectivity index (χ2v) is 4.45. The van der Waals surface area contributed by atoms with Gasteiger partial charge in [0.2, 0.25) is 0 Å². The molecule has 0 atom stereocenters. The number of nitrogens with one attached hydrogen (secondary N) is 1. The fraction of sp³-hybridized carbons (Fsp3) is 0.250. The zero-order valence-corrected chi connectivity index (χ0v) is 10.6. The molecule has 0 bridgehead atoms. The third-order valence-corrected chi connectivity index (χ3v) is 3.04. The van der Waals surface area contributed by atoms with Crippen LogP contribution in [0.15, 0.2) is 28.9 Å². The molecule has 0 unspecified atom stereocenters. The molecule has 0 radical (unpaired) electrons. The topological polar surface area (TPSA) is 48.9 Å². The standard InChI is InChI=1S/C12H13BrN2O/c1-8-3-2-4-9(7-8)12-14-10(5-6-16)11(13)15-12/h2-4,7,16H,5-6H2,1H3,(H,14,15). The fourth-order valence-electron chi connectivity index (χ4n) is 1.59. The first-order valence-electron chi connectivity index (χ1n) is 5.13. The number of aliphatic hydroxyl groups excluding tert-OH is 1. The Morgan fingerprint density at radius 1 is 1.44 bits per heavy atom. The van der Waals surface area contributed by atoms with Gasteiger partial charge < -0.3 is 10.1 Å². The lowest BCUT2D eigenvalue weighted by Crippen LogP contribution is -1.91. The van der Waals surface area contributed by atoms with Crippen molar-refractivity contribution in [2.45, 2.75) is 13.3 Å². The minimum Gasteiger partial charge on any atom is -0.396 e. The smallest absolute Gasteiger partial charge is 0.138 e. The highest BCUT2D eigenvalue weighted by molar-refractivity contribution is 9.10. The van der Waals surface area contributed by atoms with Crippen LogP contribution in [-0.2, 0) is 6.42 Å². The summed E-state index contributed by atoms with van der Waals surface area (Å²) < 4.78 is 0.776. The molecule has 2 aromatic rings. The molecule has 3 nitrogen and oxygen atoms in total. The number of benzene rings is 1. The molecule has 0 aliphatic heterocycles. The van der Waals surface area contributed by atoms with Gasteiger partial charge in [-0.1, -0.05) is 23.8 Å². The summed E-state index contributed by atoms with van der Waals surface area (Å²) in [6.07, 6.45) is 0.583. The highest BCUT2D eigenvalue weighted by Gasteiger charge is 2.08. The number of hydrogen-bond acceptors (Lipinski definition) is 2. The van der Waals surface area contributed by atoms with Gasteiger partial charge in [-0.25, -0.2) is 4.98 Å². The molecule has 1 heterocycles. The predicted molar refractivity (Wildman–Crippen MR) is 67.3 cm³/mol. The molecule has 0 saturated heterocycles. The summed E-state index contributed by atoms with van der Waals surface area (Å²) in [4.78, 5) is 7.60. The van der Waals surface area contributed by atoms with Gasteiger partial charge in [-0.2, -0.15) is 0 Å². The summed E-state index contributed by atoms with van der Waals surface area (Å²) in [5.74, 6) is 0.832. The van der Waals surface area contributed by atoms with Crippen LogP contribution in [0, 0.1) is 6.92 Å². The minimum absolute atomic E-state index is 0.119. The molecule has 0 spiro atoms. The average molecular weight is 281 g/mol. The Kier molecular flexibility index (Phi) is 3.41. The highest BCUT2D eigenvalue weighted by atomic mass is 79.9. The van der Waals surface area contributed by atoms with E-state index in [1.165, 1.54) is 5.56 Å². The molecule has 2 N–H and O–H groups in total. The lowest BCUT2D eigenvalue weighted by molar-refractivity contribution is 0.298. The van der Waals surface area contributed by atoms with Crippen LogP contribution in [0.25, 0.3) is 11.4 Å². The number of hydrogen-bond donors (Lipinski definition) is 2. The fourth-order valence-corrected chi connectivity index (χ4v) is 2.07. The van der Waals surface area contributed by atoms with Gasteiger partial charge in [-0.3, -0.25) is 0 Å². The summed E-state index contributed by atoms with van der Waals surface area (Å²) in [6, 6.07) is 8.15. The van der Waals surface area contributed by atoms with Crippen LogP contribution in [0.5, 0.6) is 0 Å². The van der Waals surface area contributed by atoms with Crippen LogP contribution in [0.3, 0.4) is 0 Å². The molecule has 0 fully saturated rings. The van der Waals surface area contributed by atoms with Crippen molar-refractivity contribution < 1.29 is 5.11 Å². The molecule has 0 aliphatic carbocycles. The van der Waals surface area contributed by atoms with Gasteiger partial charge in [0.1, 0.15) is 10.4 Å². The van der Waals surface area contributed by atoms with E-state index >= 15 is 0 Å². The number of H-pyrrole nitrogens is 1. The minimum atomic E-state index is 0.119. The Hall–Kier alpha value is -1.13. The van der Waals surface area contributed by atoms with Gasteiger partial charge in [0.15, 0.2) is 0 Å². The number of aromatic amines is 1. The maximum absolute atomic E-state index is 8.90. The summed E-state index contributed by atoms with van der Waals surface area (Å²) >= 11 is 3.38.